The summed E-state index contributed by atoms with van der Waals surface area (Å²) < 4.78 is 1.01. The van der Waals surface area contributed by atoms with Crippen molar-refractivity contribution < 1.29 is 4.79 Å². The van der Waals surface area contributed by atoms with Crippen molar-refractivity contribution in [1.29, 1.82) is 0 Å². The van der Waals surface area contributed by atoms with E-state index in [1.165, 1.54) is 37.8 Å². The summed E-state index contributed by atoms with van der Waals surface area (Å²) in [4.78, 5) is 17.3. The fraction of sp³-hybridized carbons (Fsp3) is 0.429. The summed E-state index contributed by atoms with van der Waals surface area (Å²) in [6.45, 7) is 2.08. The number of carbonyl (C=O) groups is 1. The third-order valence-electron chi connectivity index (χ3n) is 5.47. The van der Waals surface area contributed by atoms with Crippen molar-refractivity contribution in [3.8, 4) is 0 Å². The van der Waals surface area contributed by atoms with Gasteiger partial charge in [0.15, 0.2) is 0 Å². The predicted octanol–water partition coefficient (Wildman–Crippen LogP) is 6.13. The van der Waals surface area contributed by atoms with Crippen molar-refractivity contribution in [2.75, 3.05) is 0 Å². The van der Waals surface area contributed by atoms with Gasteiger partial charge >= 0.3 is 6.03 Å². The average molecular weight is 446 g/mol. The number of allylic oxidation sites excluding steroid dienone is 1. The summed E-state index contributed by atoms with van der Waals surface area (Å²) in [5, 5.41) is 9.34. The van der Waals surface area contributed by atoms with Crippen LogP contribution in [-0.4, -0.2) is 11.0 Å². The largest absolute Gasteiger partial charge is 0.327 e. The minimum absolute atomic E-state index is 0.148. The molecule has 1 aliphatic carbocycles. The first-order chi connectivity index (χ1) is 13.2. The van der Waals surface area contributed by atoms with Crippen molar-refractivity contribution in [1.82, 2.24) is 15.6 Å². The van der Waals surface area contributed by atoms with Gasteiger partial charge in [-0.05, 0) is 37.0 Å². The van der Waals surface area contributed by atoms with E-state index in [4.69, 9.17) is 4.98 Å². The van der Waals surface area contributed by atoms with E-state index in [0.29, 0.717) is 5.92 Å². The lowest BCUT2D eigenvalue weighted by Crippen LogP contribution is -2.43. The molecule has 1 aliphatic heterocycles. The van der Waals surface area contributed by atoms with E-state index in [0.717, 1.165) is 32.7 Å². The fourth-order valence-electron chi connectivity index (χ4n) is 4.08. The number of carbonyl (C=O) groups excluding carboxylic acids is 1. The van der Waals surface area contributed by atoms with E-state index >= 15 is 0 Å². The molecule has 1 aromatic carbocycles. The summed E-state index contributed by atoms with van der Waals surface area (Å²) in [6, 6.07) is 7.80. The third-order valence-corrected chi connectivity index (χ3v) is 6.85. The standard InChI is InChI=1S/C21H24BrN3OS/c1-2-16-18(20-23-17(12-27-20)13-7-4-3-5-8-13)19(25-21(26)24-16)14-9-6-10-15(22)11-14/h6,9-13,19H,2-5,7-8H2,1H3,(H2,24,25,26). The molecular weight excluding hydrogens is 422 g/mol. The Hall–Kier alpha value is -1.66. The van der Waals surface area contributed by atoms with Crippen LogP contribution in [0, 0.1) is 0 Å². The van der Waals surface area contributed by atoms with Crippen LogP contribution < -0.4 is 10.6 Å². The Labute approximate surface area is 172 Å². The number of halogens is 1. The monoisotopic (exact) mass is 445 g/mol. The van der Waals surface area contributed by atoms with E-state index in [9.17, 15) is 4.79 Å². The summed E-state index contributed by atoms with van der Waals surface area (Å²) in [6.07, 6.45) is 7.21. The minimum atomic E-state index is -0.184. The molecule has 2 amide bonds. The fourth-order valence-corrected chi connectivity index (χ4v) is 5.50. The van der Waals surface area contributed by atoms with Crippen molar-refractivity contribution >= 4 is 38.9 Å². The molecule has 1 fully saturated rings. The second-order valence-corrected chi connectivity index (χ2v) is 9.02. The van der Waals surface area contributed by atoms with Gasteiger partial charge in [-0.15, -0.1) is 11.3 Å². The van der Waals surface area contributed by atoms with Crippen LogP contribution in [-0.2, 0) is 0 Å². The van der Waals surface area contributed by atoms with Gasteiger partial charge in [0, 0.05) is 27.0 Å². The molecule has 4 nitrogen and oxygen atoms in total. The highest BCUT2D eigenvalue weighted by molar-refractivity contribution is 9.10. The van der Waals surface area contributed by atoms with Crippen molar-refractivity contribution in [3.05, 3.63) is 56.1 Å². The summed E-state index contributed by atoms with van der Waals surface area (Å²) in [5.41, 5.74) is 4.35. The molecule has 1 saturated carbocycles. The van der Waals surface area contributed by atoms with Gasteiger partial charge in [-0.25, -0.2) is 9.78 Å². The van der Waals surface area contributed by atoms with E-state index in [-0.39, 0.29) is 12.1 Å². The van der Waals surface area contributed by atoms with Crippen LogP contribution in [0.1, 0.15) is 73.7 Å². The lowest BCUT2D eigenvalue weighted by atomic mass is 9.87. The Kier molecular flexibility index (Phi) is 5.64. The van der Waals surface area contributed by atoms with E-state index in [1.54, 1.807) is 11.3 Å². The third kappa shape index (κ3) is 3.97. The lowest BCUT2D eigenvalue weighted by molar-refractivity contribution is 0.240. The smallest absolute Gasteiger partial charge is 0.319 e. The first-order valence-corrected chi connectivity index (χ1v) is 11.3. The molecule has 1 unspecified atom stereocenters. The summed E-state index contributed by atoms with van der Waals surface area (Å²) >= 11 is 5.25. The van der Waals surface area contributed by atoms with Gasteiger partial charge in [-0.3, -0.25) is 0 Å². The van der Waals surface area contributed by atoms with E-state index in [1.807, 2.05) is 12.1 Å². The zero-order valence-corrected chi connectivity index (χ0v) is 17.8. The number of nitrogens with one attached hydrogen (secondary N) is 2. The molecule has 1 aromatic heterocycles. The molecule has 2 heterocycles. The van der Waals surface area contributed by atoms with Crippen LogP contribution in [0.15, 0.2) is 39.8 Å². The number of nitrogens with zero attached hydrogens (tertiary/aromatic N) is 1. The molecule has 0 spiro atoms. The van der Waals surface area contributed by atoms with Gasteiger partial charge in [-0.2, -0.15) is 0 Å². The number of hydrogen-bond acceptors (Lipinski definition) is 3. The Morgan fingerprint density at radius 3 is 2.81 bits per heavy atom. The Bertz CT molecular complexity index is 870. The van der Waals surface area contributed by atoms with Crippen LogP contribution in [0.5, 0.6) is 0 Å². The molecule has 0 bridgehead atoms. The second-order valence-electron chi connectivity index (χ2n) is 7.24. The SMILES string of the molecule is CCC1=C(c2nc(C3CCCCC3)cs2)C(c2cccc(Br)c2)NC(=O)N1. The number of amides is 2. The van der Waals surface area contributed by atoms with Gasteiger partial charge in [0.2, 0.25) is 0 Å². The number of aromatic nitrogens is 1. The molecule has 0 saturated heterocycles. The van der Waals surface area contributed by atoms with Crippen LogP contribution >= 0.6 is 27.3 Å². The molecule has 27 heavy (non-hydrogen) atoms. The number of urea groups is 1. The quantitative estimate of drug-likeness (QED) is 0.594. The molecule has 2 aliphatic rings. The van der Waals surface area contributed by atoms with Crippen LogP contribution in [0.4, 0.5) is 4.79 Å². The molecule has 0 radical (unpaired) electrons. The van der Waals surface area contributed by atoms with Gasteiger partial charge in [0.05, 0.1) is 11.7 Å². The molecule has 6 heteroatoms. The zero-order chi connectivity index (χ0) is 18.8. The Morgan fingerprint density at radius 1 is 1.26 bits per heavy atom. The number of rotatable bonds is 4. The molecule has 4 rings (SSSR count). The maximum atomic E-state index is 12.2. The van der Waals surface area contributed by atoms with Crippen LogP contribution in [0.2, 0.25) is 0 Å². The number of hydrogen-bond donors (Lipinski definition) is 2. The Balaban J connectivity index is 1.74. The number of thiazole rings is 1. The highest BCUT2D eigenvalue weighted by atomic mass is 79.9. The van der Waals surface area contributed by atoms with Crippen molar-refractivity contribution in [2.45, 2.75) is 57.4 Å². The number of benzene rings is 1. The zero-order valence-electron chi connectivity index (χ0n) is 15.4. The van der Waals surface area contributed by atoms with E-state index in [2.05, 4.69) is 51.0 Å². The highest BCUT2D eigenvalue weighted by Gasteiger charge is 2.31. The summed E-state index contributed by atoms with van der Waals surface area (Å²) in [5.74, 6) is 0.588. The van der Waals surface area contributed by atoms with Crippen molar-refractivity contribution in [2.24, 2.45) is 0 Å². The van der Waals surface area contributed by atoms with Crippen LogP contribution in [0.25, 0.3) is 5.57 Å². The van der Waals surface area contributed by atoms with Crippen LogP contribution in [0.3, 0.4) is 0 Å². The van der Waals surface area contributed by atoms with Gasteiger partial charge in [0.25, 0.3) is 0 Å². The highest BCUT2D eigenvalue weighted by Crippen LogP contribution is 2.40. The lowest BCUT2D eigenvalue weighted by Gasteiger charge is -2.29. The normalized spacial score (nSPS) is 21.1. The van der Waals surface area contributed by atoms with Gasteiger partial charge in [0.1, 0.15) is 5.01 Å². The predicted molar refractivity (Wildman–Crippen MR) is 114 cm³/mol. The summed E-state index contributed by atoms with van der Waals surface area (Å²) in [7, 11) is 0. The maximum absolute atomic E-state index is 12.2. The second kappa shape index (κ2) is 8.15. The topological polar surface area (TPSA) is 54.0 Å². The molecule has 1 atom stereocenters. The first kappa shape index (κ1) is 18.7. The van der Waals surface area contributed by atoms with E-state index < -0.39 is 0 Å². The maximum Gasteiger partial charge on any atom is 0.319 e. The van der Waals surface area contributed by atoms with Gasteiger partial charge in [-0.1, -0.05) is 54.2 Å². The molecule has 2 aromatic rings. The molecular formula is C21H24BrN3OS. The molecule has 142 valence electrons. The first-order valence-electron chi connectivity index (χ1n) is 9.67. The van der Waals surface area contributed by atoms with Crippen molar-refractivity contribution in [3.63, 3.8) is 0 Å². The average Bonchev–Trinajstić information content (AvgIpc) is 3.17. The Morgan fingerprint density at radius 2 is 2.07 bits per heavy atom. The van der Waals surface area contributed by atoms with Gasteiger partial charge < -0.3 is 10.6 Å². The molecule has 2 N–H and O–H groups in total. The minimum Gasteiger partial charge on any atom is -0.327 e.